The molecule has 0 spiro atoms. The summed E-state index contributed by atoms with van der Waals surface area (Å²) in [5.41, 5.74) is 0.917. The fourth-order valence-corrected chi connectivity index (χ4v) is 2.02. The third-order valence-corrected chi connectivity index (χ3v) is 2.98. The van der Waals surface area contributed by atoms with Crippen LogP contribution in [0.2, 0.25) is 0 Å². The van der Waals surface area contributed by atoms with Gasteiger partial charge in [-0.1, -0.05) is 43.7 Å². The topological polar surface area (TPSA) is 38.7 Å². The number of phenols is 1. The fraction of sp³-hybridized carbons (Fsp3) is 0.235. The Morgan fingerprint density at radius 3 is 2.30 bits per heavy atom. The van der Waals surface area contributed by atoms with Gasteiger partial charge in [0, 0.05) is 5.56 Å². The second-order valence-electron chi connectivity index (χ2n) is 4.44. The van der Waals surface area contributed by atoms with E-state index in [4.69, 9.17) is 9.47 Å². The Bertz CT molecular complexity index is 551. The van der Waals surface area contributed by atoms with E-state index < -0.39 is 0 Å². The van der Waals surface area contributed by atoms with Crippen LogP contribution in [0.3, 0.4) is 0 Å². The molecule has 0 heterocycles. The van der Waals surface area contributed by atoms with E-state index in [2.05, 4.69) is 6.92 Å². The molecular formula is C17H19O3. The van der Waals surface area contributed by atoms with E-state index in [1.807, 2.05) is 30.3 Å². The number of hydrogen-bond acceptors (Lipinski definition) is 3. The molecule has 1 radical (unpaired) electrons. The van der Waals surface area contributed by atoms with Crippen molar-refractivity contribution in [2.45, 2.75) is 19.8 Å². The summed E-state index contributed by atoms with van der Waals surface area (Å²) in [5, 5.41) is 9.83. The van der Waals surface area contributed by atoms with Crippen molar-refractivity contribution in [3.63, 3.8) is 0 Å². The Morgan fingerprint density at radius 1 is 1.00 bits per heavy atom. The summed E-state index contributed by atoms with van der Waals surface area (Å²) in [4.78, 5) is 0. The van der Waals surface area contributed by atoms with Crippen molar-refractivity contribution in [3.05, 3.63) is 60.2 Å². The first-order chi connectivity index (χ1) is 9.76. The van der Waals surface area contributed by atoms with Crippen molar-refractivity contribution in [1.29, 1.82) is 0 Å². The average molecular weight is 271 g/mol. The molecule has 20 heavy (non-hydrogen) atoms. The summed E-state index contributed by atoms with van der Waals surface area (Å²) in [5.74, 6) is 1.37. The first kappa shape index (κ1) is 14.3. The molecule has 0 fully saturated rings. The number of hydrogen-bond donors (Lipinski definition) is 1. The number of methoxy groups -OCH3 is 1. The van der Waals surface area contributed by atoms with Gasteiger partial charge in [0.15, 0.2) is 17.6 Å². The van der Waals surface area contributed by atoms with E-state index in [0.717, 1.165) is 30.3 Å². The standard InChI is InChI=1S/C17H19O3/c1-3-8-16(13-9-4-6-11-15(13)19-2)20-17-12-7-5-10-14(17)18/h4-7,9-12,18H,3,8H2,1-2H3. The van der Waals surface area contributed by atoms with E-state index in [1.165, 1.54) is 0 Å². The summed E-state index contributed by atoms with van der Waals surface area (Å²) >= 11 is 0. The Balaban J connectivity index is 2.29. The molecule has 2 aromatic rings. The minimum atomic E-state index is 0.135. The lowest BCUT2D eigenvalue weighted by atomic mass is 10.0. The normalized spacial score (nSPS) is 10.6. The van der Waals surface area contributed by atoms with Crippen LogP contribution in [0.25, 0.3) is 0 Å². The molecule has 0 saturated heterocycles. The van der Waals surface area contributed by atoms with Crippen molar-refractivity contribution in [1.82, 2.24) is 0 Å². The molecule has 3 heteroatoms. The molecule has 105 valence electrons. The zero-order valence-electron chi connectivity index (χ0n) is 11.8. The van der Waals surface area contributed by atoms with Gasteiger partial charge in [-0.3, -0.25) is 0 Å². The molecule has 0 atom stereocenters. The Morgan fingerprint density at radius 2 is 1.65 bits per heavy atom. The highest BCUT2D eigenvalue weighted by molar-refractivity contribution is 5.45. The maximum atomic E-state index is 9.83. The number of aromatic hydroxyl groups is 1. The second-order valence-corrected chi connectivity index (χ2v) is 4.44. The molecule has 2 aromatic carbocycles. The van der Waals surface area contributed by atoms with Crippen LogP contribution < -0.4 is 9.47 Å². The zero-order valence-corrected chi connectivity index (χ0v) is 11.8. The number of phenolic OH excluding ortho intramolecular Hbond substituents is 1. The molecule has 1 N–H and O–H groups in total. The van der Waals surface area contributed by atoms with Gasteiger partial charge < -0.3 is 14.6 Å². The van der Waals surface area contributed by atoms with Gasteiger partial charge in [-0.25, -0.2) is 0 Å². The van der Waals surface area contributed by atoms with Gasteiger partial charge in [0.25, 0.3) is 0 Å². The van der Waals surface area contributed by atoms with Gasteiger partial charge in [0.1, 0.15) is 5.75 Å². The summed E-state index contributed by atoms with van der Waals surface area (Å²) in [6, 6.07) is 14.7. The second kappa shape index (κ2) is 6.85. The predicted octanol–water partition coefficient (Wildman–Crippen LogP) is 4.16. The Kier molecular flexibility index (Phi) is 4.88. The number of para-hydroxylation sites is 3. The van der Waals surface area contributed by atoms with Crippen LogP contribution >= 0.6 is 0 Å². The van der Waals surface area contributed by atoms with E-state index >= 15 is 0 Å². The van der Waals surface area contributed by atoms with Gasteiger partial charge in [-0.2, -0.15) is 0 Å². The molecule has 3 nitrogen and oxygen atoms in total. The number of rotatable bonds is 6. The van der Waals surface area contributed by atoms with Gasteiger partial charge in [-0.15, -0.1) is 0 Å². The van der Waals surface area contributed by atoms with Crippen molar-refractivity contribution in [2.75, 3.05) is 7.11 Å². The first-order valence-corrected chi connectivity index (χ1v) is 6.71. The molecule has 0 aliphatic carbocycles. The quantitative estimate of drug-likeness (QED) is 0.857. The molecule has 0 aliphatic heterocycles. The smallest absolute Gasteiger partial charge is 0.181 e. The zero-order chi connectivity index (χ0) is 14.4. The van der Waals surface area contributed by atoms with Crippen molar-refractivity contribution in [2.24, 2.45) is 0 Å². The van der Waals surface area contributed by atoms with Gasteiger partial charge in [0.2, 0.25) is 0 Å². The first-order valence-electron chi connectivity index (χ1n) is 6.71. The highest BCUT2D eigenvalue weighted by Crippen LogP contribution is 2.34. The Hall–Kier alpha value is -2.16. The van der Waals surface area contributed by atoms with Crippen LogP contribution in [0.1, 0.15) is 25.3 Å². The minimum absolute atomic E-state index is 0.135. The molecule has 0 aromatic heterocycles. The maximum Gasteiger partial charge on any atom is 0.181 e. The highest BCUT2D eigenvalue weighted by atomic mass is 16.5. The largest absolute Gasteiger partial charge is 0.504 e. The lowest BCUT2D eigenvalue weighted by molar-refractivity contribution is 0.304. The van der Waals surface area contributed by atoms with Crippen LogP contribution in [0, 0.1) is 6.10 Å². The van der Waals surface area contributed by atoms with Gasteiger partial charge in [0.05, 0.1) is 7.11 Å². The van der Waals surface area contributed by atoms with Crippen LogP contribution in [-0.4, -0.2) is 12.2 Å². The molecule has 0 amide bonds. The third kappa shape index (κ3) is 3.23. The SMILES string of the molecule is CCC[C](Oc1ccccc1O)c1ccccc1OC. The fourth-order valence-electron chi connectivity index (χ4n) is 2.02. The summed E-state index contributed by atoms with van der Waals surface area (Å²) in [6.07, 6.45) is 2.52. The molecule has 0 saturated carbocycles. The summed E-state index contributed by atoms with van der Waals surface area (Å²) in [7, 11) is 1.64. The Labute approximate surface area is 119 Å². The minimum Gasteiger partial charge on any atom is -0.504 e. The lowest BCUT2D eigenvalue weighted by Crippen LogP contribution is -2.10. The lowest BCUT2D eigenvalue weighted by Gasteiger charge is -2.20. The molecular weight excluding hydrogens is 252 g/mol. The van der Waals surface area contributed by atoms with E-state index in [0.29, 0.717) is 5.75 Å². The van der Waals surface area contributed by atoms with Crippen LogP contribution in [0.15, 0.2) is 48.5 Å². The summed E-state index contributed by atoms with van der Waals surface area (Å²) < 4.78 is 11.3. The monoisotopic (exact) mass is 271 g/mol. The van der Waals surface area contributed by atoms with Crippen LogP contribution in [0.5, 0.6) is 17.2 Å². The van der Waals surface area contributed by atoms with E-state index in [-0.39, 0.29) is 5.75 Å². The maximum absolute atomic E-state index is 9.83. The van der Waals surface area contributed by atoms with Crippen molar-refractivity contribution in [3.8, 4) is 17.2 Å². The van der Waals surface area contributed by atoms with Crippen molar-refractivity contribution < 1.29 is 14.6 Å². The number of benzene rings is 2. The van der Waals surface area contributed by atoms with E-state index in [9.17, 15) is 5.11 Å². The molecule has 0 aliphatic rings. The van der Waals surface area contributed by atoms with Crippen LogP contribution in [0.4, 0.5) is 0 Å². The highest BCUT2D eigenvalue weighted by Gasteiger charge is 2.19. The summed E-state index contributed by atoms with van der Waals surface area (Å²) in [6.45, 7) is 2.09. The third-order valence-electron chi connectivity index (χ3n) is 2.98. The average Bonchev–Trinajstić information content (AvgIpc) is 2.49. The molecule has 0 bridgehead atoms. The molecule has 2 rings (SSSR count). The predicted molar refractivity (Wildman–Crippen MR) is 79.0 cm³/mol. The molecule has 0 unspecified atom stereocenters. The van der Waals surface area contributed by atoms with Crippen LogP contribution in [-0.2, 0) is 0 Å². The van der Waals surface area contributed by atoms with Gasteiger partial charge >= 0.3 is 0 Å². The van der Waals surface area contributed by atoms with Gasteiger partial charge in [-0.05, 0) is 24.6 Å². The van der Waals surface area contributed by atoms with Crippen molar-refractivity contribution >= 4 is 0 Å². The van der Waals surface area contributed by atoms with E-state index in [1.54, 1.807) is 25.3 Å². The number of ether oxygens (including phenoxy) is 2.